The van der Waals surface area contributed by atoms with Crippen molar-refractivity contribution >= 4 is 40.6 Å². The summed E-state index contributed by atoms with van der Waals surface area (Å²) < 4.78 is 7.67. The molecular formula is C32H30ClN3O3S. The number of carbonyl (C=O) groups is 1. The number of halogens is 1. The van der Waals surface area contributed by atoms with E-state index in [-0.39, 0.29) is 11.5 Å². The van der Waals surface area contributed by atoms with Gasteiger partial charge in [0, 0.05) is 5.69 Å². The average molecular weight is 572 g/mol. The van der Waals surface area contributed by atoms with Gasteiger partial charge in [-0.25, -0.2) is 4.99 Å². The summed E-state index contributed by atoms with van der Waals surface area (Å²) in [4.78, 5) is 32.9. The number of nitrogens with one attached hydrogen (secondary N) is 1. The van der Waals surface area contributed by atoms with E-state index in [1.807, 2.05) is 62.4 Å². The second-order valence-corrected chi connectivity index (χ2v) is 11.3. The van der Waals surface area contributed by atoms with Crippen LogP contribution in [0, 0.1) is 0 Å². The van der Waals surface area contributed by atoms with Crippen LogP contribution >= 0.6 is 22.9 Å². The van der Waals surface area contributed by atoms with Crippen molar-refractivity contribution in [2.45, 2.75) is 39.7 Å². The standard InChI is InChI=1S/C32H30ClN3O3S/c1-5-39-26-16-11-21(17-25(26)33)18-27-31(38)36-29(23-14-12-22(13-15-23)19(2)3)28(20(4)34-32(36)40-27)30(37)35-24-9-7-6-8-10-24/h6-19,29H,5H2,1-4H3,(H,35,37)/b27-18-/t29-/m0/s1. The van der Waals surface area contributed by atoms with Gasteiger partial charge in [-0.15, -0.1) is 0 Å². The van der Waals surface area contributed by atoms with Crippen LogP contribution in [0.5, 0.6) is 5.75 Å². The van der Waals surface area contributed by atoms with Gasteiger partial charge in [-0.1, -0.05) is 85.3 Å². The third-order valence-electron chi connectivity index (χ3n) is 6.77. The zero-order chi connectivity index (χ0) is 28.4. The quantitative estimate of drug-likeness (QED) is 0.293. The Bertz CT molecular complexity index is 1770. The van der Waals surface area contributed by atoms with Gasteiger partial charge in [-0.05, 0) is 66.8 Å². The summed E-state index contributed by atoms with van der Waals surface area (Å²) in [6.07, 6.45) is 1.80. The van der Waals surface area contributed by atoms with Crippen molar-refractivity contribution in [1.82, 2.24) is 4.57 Å². The van der Waals surface area contributed by atoms with E-state index in [0.717, 1.165) is 11.1 Å². The van der Waals surface area contributed by atoms with Crippen LogP contribution in [0.3, 0.4) is 0 Å². The number of hydrogen-bond acceptors (Lipinski definition) is 5. The van der Waals surface area contributed by atoms with Crippen LogP contribution in [0.25, 0.3) is 6.08 Å². The first-order chi connectivity index (χ1) is 19.3. The van der Waals surface area contributed by atoms with Crippen molar-refractivity contribution in [2.75, 3.05) is 11.9 Å². The topological polar surface area (TPSA) is 72.7 Å². The highest BCUT2D eigenvalue weighted by Gasteiger charge is 2.32. The molecule has 0 radical (unpaired) electrons. The molecule has 5 rings (SSSR count). The molecule has 1 N–H and O–H groups in total. The smallest absolute Gasteiger partial charge is 0.271 e. The minimum atomic E-state index is -0.632. The summed E-state index contributed by atoms with van der Waals surface area (Å²) in [5, 5.41) is 3.46. The zero-order valence-electron chi connectivity index (χ0n) is 22.8. The van der Waals surface area contributed by atoms with Crippen molar-refractivity contribution < 1.29 is 9.53 Å². The molecule has 0 aliphatic carbocycles. The number of amides is 1. The minimum Gasteiger partial charge on any atom is -0.492 e. The molecule has 1 aliphatic rings. The summed E-state index contributed by atoms with van der Waals surface area (Å²) in [6, 6.07) is 22.2. The summed E-state index contributed by atoms with van der Waals surface area (Å²) in [5.41, 5.74) is 4.26. The first kappa shape index (κ1) is 27.6. The van der Waals surface area contributed by atoms with Gasteiger partial charge < -0.3 is 10.1 Å². The van der Waals surface area contributed by atoms with Gasteiger partial charge in [-0.3, -0.25) is 14.2 Å². The number of aromatic nitrogens is 1. The average Bonchev–Trinajstić information content (AvgIpc) is 3.24. The fourth-order valence-electron chi connectivity index (χ4n) is 4.74. The Morgan fingerprint density at radius 2 is 1.85 bits per heavy atom. The second-order valence-electron chi connectivity index (χ2n) is 9.85. The van der Waals surface area contributed by atoms with Gasteiger partial charge in [0.2, 0.25) is 0 Å². The van der Waals surface area contributed by atoms with Crippen LogP contribution in [0.1, 0.15) is 56.3 Å². The minimum absolute atomic E-state index is 0.218. The SMILES string of the molecule is CCOc1ccc(/C=c2\sc3n(c2=O)[C@@H](c2ccc(C(C)C)cc2)C(C(=O)Nc2ccccc2)=C(C)N=3)cc1Cl. The number of anilines is 1. The normalized spacial score (nSPS) is 15.2. The molecule has 1 aromatic heterocycles. The molecule has 0 saturated carbocycles. The first-order valence-corrected chi connectivity index (χ1v) is 14.4. The van der Waals surface area contributed by atoms with Crippen LogP contribution in [-0.2, 0) is 4.79 Å². The van der Waals surface area contributed by atoms with Gasteiger partial charge in [0.25, 0.3) is 11.5 Å². The van der Waals surface area contributed by atoms with E-state index in [1.54, 1.807) is 22.8 Å². The number of hydrogen-bond donors (Lipinski definition) is 1. The third-order valence-corrected chi connectivity index (χ3v) is 8.05. The molecule has 0 spiro atoms. The highest BCUT2D eigenvalue weighted by atomic mass is 35.5. The van der Waals surface area contributed by atoms with Crippen LogP contribution in [0.2, 0.25) is 5.02 Å². The number of thiazole rings is 1. The second kappa shape index (κ2) is 11.7. The number of benzene rings is 3. The number of ether oxygens (including phenoxy) is 1. The molecular weight excluding hydrogens is 542 g/mol. The fraction of sp³-hybridized carbons (Fsp3) is 0.219. The largest absolute Gasteiger partial charge is 0.492 e. The molecule has 6 nitrogen and oxygen atoms in total. The van der Waals surface area contributed by atoms with E-state index in [9.17, 15) is 9.59 Å². The highest BCUT2D eigenvalue weighted by molar-refractivity contribution is 7.07. The van der Waals surface area contributed by atoms with Crippen LogP contribution in [-0.4, -0.2) is 17.1 Å². The summed E-state index contributed by atoms with van der Waals surface area (Å²) in [6.45, 7) is 8.49. The van der Waals surface area contributed by atoms with E-state index in [1.165, 1.54) is 16.9 Å². The number of rotatable bonds is 7. The summed E-state index contributed by atoms with van der Waals surface area (Å²) in [7, 11) is 0. The van der Waals surface area contributed by atoms with Crippen molar-refractivity contribution in [3.8, 4) is 5.75 Å². The predicted molar refractivity (Wildman–Crippen MR) is 162 cm³/mol. The molecule has 8 heteroatoms. The van der Waals surface area contributed by atoms with Crippen LogP contribution in [0.15, 0.2) is 93.9 Å². The fourth-order valence-corrected chi connectivity index (χ4v) is 6.03. The van der Waals surface area contributed by atoms with E-state index >= 15 is 0 Å². The Morgan fingerprint density at radius 3 is 2.50 bits per heavy atom. The Kier molecular flexibility index (Phi) is 8.05. The molecule has 1 aliphatic heterocycles. The van der Waals surface area contributed by atoms with Crippen LogP contribution in [0.4, 0.5) is 5.69 Å². The molecule has 1 atom stereocenters. The first-order valence-electron chi connectivity index (χ1n) is 13.2. The van der Waals surface area contributed by atoms with E-state index in [0.29, 0.717) is 49.6 Å². The lowest BCUT2D eigenvalue weighted by molar-refractivity contribution is -0.113. The van der Waals surface area contributed by atoms with Crippen molar-refractivity contribution in [3.63, 3.8) is 0 Å². The van der Waals surface area contributed by atoms with E-state index < -0.39 is 6.04 Å². The number of nitrogens with zero attached hydrogens (tertiary/aromatic N) is 2. The molecule has 3 aromatic carbocycles. The predicted octanol–water partition coefficient (Wildman–Crippen LogP) is 6.05. The molecule has 0 saturated heterocycles. The maximum atomic E-state index is 13.9. The van der Waals surface area contributed by atoms with Crippen molar-refractivity contribution in [2.24, 2.45) is 4.99 Å². The Morgan fingerprint density at radius 1 is 1.12 bits per heavy atom. The number of carbonyl (C=O) groups excluding carboxylic acids is 1. The molecule has 1 amide bonds. The molecule has 4 aromatic rings. The molecule has 0 bridgehead atoms. The van der Waals surface area contributed by atoms with E-state index in [2.05, 4.69) is 31.3 Å². The third kappa shape index (κ3) is 5.53. The van der Waals surface area contributed by atoms with Gasteiger partial charge in [0.1, 0.15) is 5.75 Å². The lowest BCUT2D eigenvalue weighted by atomic mass is 9.93. The lowest BCUT2D eigenvalue weighted by Gasteiger charge is -2.25. The monoisotopic (exact) mass is 571 g/mol. The van der Waals surface area contributed by atoms with Gasteiger partial charge >= 0.3 is 0 Å². The molecule has 0 unspecified atom stereocenters. The van der Waals surface area contributed by atoms with Crippen molar-refractivity contribution in [1.29, 1.82) is 0 Å². The number of fused-ring (bicyclic) bond motifs is 1. The summed E-state index contributed by atoms with van der Waals surface area (Å²) >= 11 is 7.69. The number of para-hydroxylation sites is 1. The zero-order valence-corrected chi connectivity index (χ0v) is 24.3. The Hall–Kier alpha value is -3.94. The maximum Gasteiger partial charge on any atom is 0.271 e. The molecule has 204 valence electrons. The van der Waals surface area contributed by atoms with Gasteiger partial charge in [-0.2, -0.15) is 0 Å². The number of allylic oxidation sites excluding steroid dienone is 1. The van der Waals surface area contributed by atoms with Crippen molar-refractivity contribution in [3.05, 3.63) is 125 Å². The van der Waals surface area contributed by atoms with Gasteiger partial charge in [0.15, 0.2) is 4.80 Å². The Labute approximate surface area is 241 Å². The molecule has 2 heterocycles. The highest BCUT2D eigenvalue weighted by Crippen LogP contribution is 2.32. The van der Waals surface area contributed by atoms with E-state index in [4.69, 9.17) is 21.3 Å². The molecule has 40 heavy (non-hydrogen) atoms. The molecule has 0 fully saturated rings. The Balaban J connectivity index is 1.64. The lowest BCUT2D eigenvalue weighted by Crippen LogP contribution is -2.40. The van der Waals surface area contributed by atoms with Crippen LogP contribution < -0.4 is 24.9 Å². The van der Waals surface area contributed by atoms with Gasteiger partial charge in [0.05, 0.1) is 33.5 Å². The maximum absolute atomic E-state index is 13.9. The summed E-state index contributed by atoms with van der Waals surface area (Å²) in [5.74, 6) is 0.658.